The molecular weight excluding hydrogens is 425 g/mol. The van der Waals surface area contributed by atoms with Crippen molar-refractivity contribution in [1.29, 1.82) is 0 Å². The fraction of sp³-hybridized carbons (Fsp3) is 0.409. The van der Waals surface area contributed by atoms with E-state index >= 15 is 0 Å². The fourth-order valence-electron chi connectivity index (χ4n) is 3.14. The van der Waals surface area contributed by atoms with E-state index in [0.29, 0.717) is 12.2 Å². The summed E-state index contributed by atoms with van der Waals surface area (Å²) < 4.78 is 46.8. The fourth-order valence-corrected chi connectivity index (χ4v) is 3.14. The number of rotatable bonds is 6. The summed E-state index contributed by atoms with van der Waals surface area (Å²) in [6, 6.07) is 12.7. The zero-order valence-electron chi connectivity index (χ0n) is 17.7. The molecule has 0 aliphatic carbocycles. The second-order valence-electron chi connectivity index (χ2n) is 7.35. The number of nitrogens with zero attached hydrogens (tertiary/aromatic N) is 1. The number of aryl methyl sites for hydroxylation is 1. The van der Waals surface area contributed by atoms with Crippen LogP contribution in [0.3, 0.4) is 0 Å². The van der Waals surface area contributed by atoms with Gasteiger partial charge in [-0.25, -0.2) is 9.18 Å². The number of carbonyl (C=O) groups excluding carboxylic acids is 1. The predicted octanol–water partition coefficient (Wildman–Crippen LogP) is 4.18. The van der Waals surface area contributed by atoms with Crippen LogP contribution in [-0.2, 0) is 27.7 Å². The Labute approximate surface area is 184 Å². The standard InChI is InChI=1S/C22H26FNO4.O2S/c1-15(2)27-22(25)26-14-17-5-7-18(8-6-17)28-19-10-11-24(13-19)21-9-4-16(3)12-20(21)23;1-3-2/h4-9,12,15,19H,10-11,13-14H2,1-3H3;/t19-;/m1./s1. The van der Waals surface area contributed by atoms with Gasteiger partial charge in [0, 0.05) is 13.0 Å². The molecule has 0 saturated carbocycles. The highest BCUT2D eigenvalue weighted by molar-refractivity contribution is 7.51. The summed E-state index contributed by atoms with van der Waals surface area (Å²) in [5.41, 5.74) is 2.38. The molecule has 0 unspecified atom stereocenters. The summed E-state index contributed by atoms with van der Waals surface area (Å²) >= 11 is -0.750. The molecule has 168 valence electrons. The molecule has 2 aromatic carbocycles. The lowest BCUT2D eigenvalue weighted by Gasteiger charge is -2.20. The predicted molar refractivity (Wildman–Crippen MR) is 114 cm³/mol. The van der Waals surface area contributed by atoms with Crippen LogP contribution in [-0.4, -0.2) is 39.9 Å². The van der Waals surface area contributed by atoms with Gasteiger partial charge >= 0.3 is 17.7 Å². The van der Waals surface area contributed by atoms with Crippen LogP contribution in [0.2, 0.25) is 0 Å². The Morgan fingerprint density at radius 2 is 1.87 bits per heavy atom. The Bertz CT molecular complexity index is 899. The van der Waals surface area contributed by atoms with Crippen LogP contribution in [0.25, 0.3) is 0 Å². The molecule has 7 nitrogen and oxygen atoms in total. The van der Waals surface area contributed by atoms with E-state index in [1.165, 1.54) is 0 Å². The van der Waals surface area contributed by atoms with Gasteiger partial charge in [0.15, 0.2) is 0 Å². The van der Waals surface area contributed by atoms with E-state index in [1.54, 1.807) is 19.9 Å². The molecule has 1 fully saturated rings. The third-order valence-electron chi connectivity index (χ3n) is 4.50. The zero-order valence-corrected chi connectivity index (χ0v) is 18.5. The molecule has 0 amide bonds. The second-order valence-corrected chi connectivity index (χ2v) is 7.48. The molecule has 0 radical (unpaired) electrons. The molecule has 2 aromatic rings. The van der Waals surface area contributed by atoms with E-state index in [2.05, 4.69) is 0 Å². The molecule has 31 heavy (non-hydrogen) atoms. The topological polar surface area (TPSA) is 82.1 Å². The first-order valence-corrected chi connectivity index (χ1v) is 10.5. The smallest absolute Gasteiger partial charge is 0.489 e. The van der Waals surface area contributed by atoms with Crippen LogP contribution in [0, 0.1) is 12.7 Å². The Balaban J connectivity index is 0.00000107. The van der Waals surface area contributed by atoms with Crippen molar-refractivity contribution < 1.29 is 31.8 Å². The minimum atomic E-state index is -0.750. The van der Waals surface area contributed by atoms with Crippen LogP contribution in [0.5, 0.6) is 5.75 Å². The average Bonchev–Trinajstić information content (AvgIpc) is 3.15. The number of hydrogen-bond donors (Lipinski definition) is 0. The molecule has 1 aliphatic heterocycles. The van der Waals surface area contributed by atoms with Crippen LogP contribution in [0.15, 0.2) is 42.5 Å². The lowest BCUT2D eigenvalue weighted by Crippen LogP contribution is -2.25. The van der Waals surface area contributed by atoms with E-state index in [9.17, 15) is 9.18 Å². The SMILES string of the molecule is Cc1ccc(N2CC[C@@H](Oc3ccc(COC(=O)OC(C)C)cc3)C2)c(F)c1.O=S=O. The number of carbonyl (C=O) groups is 1. The van der Waals surface area contributed by atoms with E-state index in [0.717, 1.165) is 29.8 Å². The first kappa shape index (κ1) is 24.3. The summed E-state index contributed by atoms with van der Waals surface area (Å²) in [5.74, 6) is 0.547. The Morgan fingerprint density at radius 3 is 2.48 bits per heavy atom. The Hall–Kier alpha value is -2.94. The van der Waals surface area contributed by atoms with Gasteiger partial charge in [0.2, 0.25) is 0 Å². The van der Waals surface area contributed by atoms with E-state index < -0.39 is 17.7 Å². The quantitative estimate of drug-likeness (QED) is 0.609. The van der Waals surface area contributed by atoms with Gasteiger partial charge in [-0.3, -0.25) is 0 Å². The molecule has 0 bridgehead atoms. The van der Waals surface area contributed by atoms with Crippen LogP contribution in [0.1, 0.15) is 31.4 Å². The summed E-state index contributed by atoms with van der Waals surface area (Å²) in [7, 11) is 0. The molecule has 1 atom stereocenters. The average molecular weight is 452 g/mol. The lowest BCUT2D eigenvalue weighted by atomic mass is 10.2. The van der Waals surface area contributed by atoms with Gasteiger partial charge in [-0.05, 0) is 56.2 Å². The van der Waals surface area contributed by atoms with Gasteiger partial charge in [0.1, 0.15) is 24.3 Å². The minimum absolute atomic E-state index is 0.00354. The van der Waals surface area contributed by atoms with E-state index in [-0.39, 0.29) is 24.6 Å². The largest absolute Gasteiger partial charge is 0.508 e. The van der Waals surface area contributed by atoms with Crippen molar-refractivity contribution in [2.24, 2.45) is 0 Å². The Kier molecular flexibility index (Phi) is 9.45. The molecule has 0 aromatic heterocycles. The maximum Gasteiger partial charge on any atom is 0.508 e. The van der Waals surface area contributed by atoms with Gasteiger partial charge in [-0.15, -0.1) is 0 Å². The first-order valence-electron chi connectivity index (χ1n) is 9.84. The highest BCUT2D eigenvalue weighted by Gasteiger charge is 2.26. The zero-order chi connectivity index (χ0) is 22.8. The highest BCUT2D eigenvalue weighted by Crippen LogP contribution is 2.26. The minimum Gasteiger partial charge on any atom is -0.489 e. The molecular formula is C22H26FNO6S. The second kappa shape index (κ2) is 12.0. The third-order valence-corrected chi connectivity index (χ3v) is 4.50. The van der Waals surface area contributed by atoms with Crippen molar-refractivity contribution in [3.8, 4) is 5.75 Å². The van der Waals surface area contributed by atoms with Crippen LogP contribution < -0.4 is 9.64 Å². The van der Waals surface area contributed by atoms with Gasteiger partial charge in [0.05, 0.1) is 18.3 Å². The third kappa shape index (κ3) is 8.01. The normalized spacial score (nSPS) is 15.1. The number of hydrogen-bond acceptors (Lipinski definition) is 7. The van der Waals surface area contributed by atoms with Crippen molar-refractivity contribution in [3.05, 3.63) is 59.4 Å². The molecule has 1 saturated heterocycles. The highest BCUT2D eigenvalue weighted by atomic mass is 32.1. The molecule has 9 heteroatoms. The molecule has 0 N–H and O–H groups in total. The van der Waals surface area contributed by atoms with E-state index in [4.69, 9.17) is 22.6 Å². The monoisotopic (exact) mass is 451 g/mol. The number of ether oxygens (including phenoxy) is 3. The van der Waals surface area contributed by atoms with Crippen LogP contribution in [0.4, 0.5) is 14.9 Å². The summed E-state index contributed by atoms with van der Waals surface area (Å²) in [4.78, 5) is 13.4. The lowest BCUT2D eigenvalue weighted by molar-refractivity contribution is 0.0298. The summed E-state index contributed by atoms with van der Waals surface area (Å²) in [6.07, 6.45) is -0.0460. The van der Waals surface area contributed by atoms with E-state index in [1.807, 2.05) is 48.2 Å². The summed E-state index contributed by atoms with van der Waals surface area (Å²) in [6.45, 7) is 6.97. The molecule has 3 rings (SSSR count). The van der Waals surface area contributed by atoms with Crippen molar-refractivity contribution in [3.63, 3.8) is 0 Å². The van der Waals surface area contributed by atoms with Gasteiger partial charge in [-0.1, -0.05) is 18.2 Å². The number of anilines is 1. The summed E-state index contributed by atoms with van der Waals surface area (Å²) in [5, 5.41) is 0. The first-order chi connectivity index (χ1) is 14.8. The molecule has 1 heterocycles. The Morgan fingerprint density at radius 1 is 1.19 bits per heavy atom. The van der Waals surface area contributed by atoms with Crippen molar-refractivity contribution in [2.45, 2.75) is 46.0 Å². The van der Waals surface area contributed by atoms with Crippen molar-refractivity contribution in [2.75, 3.05) is 18.0 Å². The van der Waals surface area contributed by atoms with Crippen LogP contribution >= 0.6 is 0 Å². The van der Waals surface area contributed by atoms with Gasteiger partial charge in [0.25, 0.3) is 0 Å². The van der Waals surface area contributed by atoms with Gasteiger partial charge < -0.3 is 19.1 Å². The molecule has 0 spiro atoms. The number of benzene rings is 2. The molecule has 1 aliphatic rings. The maximum atomic E-state index is 14.2. The number of halogens is 1. The maximum absolute atomic E-state index is 14.2. The van der Waals surface area contributed by atoms with Gasteiger partial charge in [-0.2, -0.15) is 8.42 Å². The van der Waals surface area contributed by atoms with Crippen molar-refractivity contribution >= 4 is 23.4 Å². The van der Waals surface area contributed by atoms with Crippen molar-refractivity contribution in [1.82, 2.24) is 0 Å².